The second-order valence-electron chi connectivity index (χ2n) is 4.88. The fraction of sp³-hybridized carbons (Fsp3) is 0.111. The Hall–Kier alpha value is -2.85. The number of para-hydroxylation sites is 1. The zero-order chi connectivity index (χ0) is 18.4. The lowest BCUT2D eigenvalue weighted by molar-refractivity contribution is -0.112. The minimum Gasteiger partial charge on any atom is -0.504 e. The van der Waals surface area contributed by atoms with Crippen LogP contribution in [0.3, 0.4) is 0 Å². The predicted octanol–water partition coefficient (Wildman–Crippen LogP) is 4.24. The van der Waals surface area contributed by atoms with Crippen molar-refractivity contribution in [2.45, 2.75) is 6.92 Å². The Kier molecular flexibility index (Phi) is 6.14. The highest BCUT2D eigenvalue weighted by Gasteiger charge is 2.14. The number of hydrogen-bond donors (Lipinski definition) is 2. The Bertz CT molecular complexity index is 875. The summed E-state index contributed by atoms with van der Waals surface area (Å²) >= 11 is 3.26. The molecule has 5 nitrogen and oxygen atoms in total. The highest BCUT2D eigenvalue weighted by molar-refractivity contribution is 9.10. The molecule has 0 heterocycles. The van der Waals surface area contributed by atoms with Gasteiger partial charge in [0.1, 0.15) is 17.5 Å². The number of hydrogen-bond acceptors (Lipinski definition) is 4. The van der Waals surface area contributed by atoms with Gasteiger partial charge in [-0.1, -0.05) is 28.1 Å². The maximum absolute atomic E-state index is 13.6. The number of carbonyl (C=O) groups is 1. The molecule has 128 valence electrons. The number of halogens is 2. The molecule has 25 heavy (non-hydrogen) atoms. The first-order valence-corrected chi connectivity index (χ1v) is 8.08. The number of amides is 1. The summed E-state index contributed by atoms with van der Waals surface area (Å²) in [6.07, 6.45) is 1.32. The van der Waals surface area contributed by atoms with Gasteiger partial charge in [0.25, 0.3) is 5.91 Å². The number of nitriles is 1. The maximum Gasteiger partial charge on any atom is 0.266 e. The van der Waals surface area contributed by atoms with Crippen LogP contribution >= 0.6 is 15.9 Å². The summed E-state index contributed by atoms with van der Waals surface area (Å²) < 4.78 is 19.4. The number of nitrogens with zero attached hydrogens (tertiary/aromatic N) is 1. The average Bonchev–Trinajstić information content (AvgIpc) is 2.58. The molecular formula is C18H14BrFN2O3. The Balaban J connectivity index is 2.34. The number of carbonyl (C=O) groups excluding carboxylic acids is 1. The van der Waals surface area contributed by atoms with Crippen molar-refractivity contribution in [1.29, 1.82) is 5.26 Å². The molecule has 2 aromatic carbocycles. The lowest BCUT2D eigenvalue weighted by Crippen LogP contribution is -2.14. The van der Waals surface area contributed by atoms with E-state index in [1.165, 1.54) is 36.4 Å². The van der Waals surface area contributed by atoms with Crippen molar-refractivity contribution in [3.05, 3.63) is 57.8 Å². The minimum atomic E-state index is -0.745. The smallest absolute Gasteiger partial charge is 0.266 e. The topological polar surface area (TPSA) is 82.3 Å². The third-order valence-corrected chi connectivity index (χ3v) is 3.85. The number of benzene rings is 2. The van der Waals surface area contributed by atoms with Crippen LogP contribution in [0.1, 0.15) is 12.5 Å². The number of ether oxygens (including phenoxy) is 1. The average molecular weight is 405 g/mol. The van der Waals surface area contributed by atoms with Gasteiger partial charge in [-0.05, 0) is 42.8 Å². The minimum absolute atomic E-state index is 0.0200. The van der Waals surface area contributed by atoms with E-state index in [9.17, 15) is 19.6 Å². The largest absolute Gasteiger partial charge is 0.504 e. The summed E-state index contributed by atoms with van der Waals surface area (Å²) in [7, 11) is 0. The van der Waals surface area contributed by atoms with E-state index in [4.69, 9.17) is 4.74 Å². The Morgan fingerprint density at radius 3 is 2.80 bits per heavy atom. The van der Waals surface area contributed by atoms with Crippen molar-refractivity contribution in [3.63, 3.8) is 0 Å². The van der Waals surface area contributed by atoms with E-state index < -0.39 is 11.7 Å². The van der Waals surface area contributed by atoms with Gasteiger partial charge >= 0.3 is 0 Å². The van der Waals surface area contributed by atoms with Gasteiger partial charge in [-0.2, -0.15) is 5.26 Å². The van der Waals surface area contributed by atoms with Gasteiger partial charge in [0, 0.05) is 4.47 Å². The van der Waals surface area contributed by atoms with Gasteiger partial charge in [0.15, 0.2) is 11.5 Å². The second-order valence-corrected chi connectivity index (χ2v) is 5.73. The first kappa shape index (κ1) is 18.5. The van der Waals surface area contributed by atoms with E-state index in [1.54, 1.807) is 19.1 Å². The molecule has 0 atom stereocenters. The predicted molar refractivity (Wildman–Crippen MR) is 95.6 cm³/mol. The number of aromatic hydroxyl groups is 1. The van der Waals surface area contributed by atoms with E-state index in [0.717, 1.165) is 0 Å². The van der Waals surface area contributed by atoms with Crippen molar-refractivity contribution in [2.75, 3.05) is 11.9 Å². The molecule has 2 aromatic rings. The molecule has 0 fully saturated rings. The van der Waals surface area contributed by atoms with Crippen LogP contribution in [0.25, 0.3) is 6.08 Å². The van der Waals surface area contributed by atoms with Crippen LogP contribution in [0.15, 0.2) is 46.4 Å². The van der Waals surface area contributed by atoms with Crippen molar-refractivity contribution >= 4 is 33.6 Å². The second kappa shape index (κ2) is 8.31. The van der Waals surface area contributed by atoms with Gasteiger partial charge in [0.05, 0.1) is 12.3 Å². The highest BCUT2D eigenvalue weighted by atomic mass is 79.9. The van der Waals surface area contributed by atoms with Crippen LogP contribution in [0, 0.1) is 17.1 Å². The Labute approximate surface area is 152 Å². The van der Waals surface area contributed by atoms with E-state index in [2.05, 4.69) is 21.2 Å². The van der Waals surface area contributed by atoms with Crippen molar-refractivity contribution in [2.24, 2.45) is 0 Å². The molecule has 0 aliphatic heterocycles. The van der Waals surface area contributed by atoms with E-state index >= 15 is 0 Å². The molecule has 0 aliphatic rings. The number of nitrogens with one attached hydrogen (secondary N) is 1. The summed E-state index contributed by atoms with van der Waals surface area (Å²) in [4.78, 5) is 12.2. The van der Waals surface area contributed by atoms with E-state index in [0.29, 0.717) is 16.6 Å². The monoisotopic (exact) mass is 404 g/mol. The van der Waals surface area contributed by atoms with Crippen LogP contribution < -0.4 is 10.1 Å². The summed E-state index contributed by atoms with van der Waals surface area (Å²) in [6, 6.07) is 10.3. The van der Waals surface area contributed by atoms with Crippen molar-refractivity contribution in [1.82, 2.24) is 0 Å². The molecule has 0 bridgehead atoms. The van der Waals surface area contributed by atoms with Crippen molar-refractivity contribution < 1.29 is 19.0 Å². The summed E-state index contributed by atoms with van der Waals surface area (Å²) in [6.45, 7) is 2.11. The molecule has 0 saturated heterocycles. The van der Waals surface area contributed by atoms with Gasteiger partial charge < -0.3 is 15.2 Å². The molecule has 0 spiro atoms. The molecule has 0 saturated carbocycles. The van der Waals surface area contributed by atoms with Crippen LogP contribution in [-0.4, -0.2) is 17.6 Å². The molecule has 2 N–H and O–H groups in total. The third kappa shape index (κ3) is 4.58. The quantitative estimate of drug-likeness (QED) is 0.576. The lowest BCUT2D eigenvalue weighted by Gasteiger charge is -2.09. The Morgan fingerprint density at radius 2 is 2.16 bits per heavy atom. The molecule has 0 aliphatic carbocycles. The first-order valence-electron chi connectivity index (χ1n) is 7.29. The SMILES string of the molecule is CCOc1cc(/C=C(/C#N)C(=O)Nc2ccccc2F)c(Br)cc1O. The van der Waals surface area contributed by atoms with Gasteiger partial charge in [-0.25, -0.2) is 4.39 Å². The van der Waals surface area contributed by atoms with Gasteiger partial charge in [-0.15, -0.1) is 0 Å². The number of phenols is 1. The zero-order valence-corrected chi connectivity index (χ0v) is 14.8. The molecule has 1 amide bonds. The highest BCUT2D eigenvalue weighted by Crippen LogP contribution is 2.33. The summed E-state index contributed by atoms with van der Waals surface area (Å²) in [5.41, 5.74) is 0.215. The Morgan fingerprint density at radius 1 is 1.44 bits per heavy atom. The van der Waals surface area contributed by atoms with Crippen LogP contribution in [0.5, 0.6) is 11.5 Å². The van der Waals surface area contributed by atoms with Crippen molar-refractivity contribution in [3.8, 4) is 17.6 Å². The maximum atomic E-state index is 13.6. The number of phenolic OH excluding ortho intramolecular Hbond substituents is 1. The third-order valence-electron chi connectivity index (χ3n) is 3.17. The molecule has 0 unspecified atom stereocenters. The van der Waals surface area contributed by atoms with Crippen LogP contribution in [0.2, 0.25) is 0 Å². The molecule has 7 heteroatoms. The lowest BCUT2D eigenvalue weighted by atomic mass is 10.1. The van der Waals surface area contributed by atoms with Crippen LogP contribution in [-0.2, 0) is 4.79 Å². The molecule has 2 rings (SSSR count). The number of rotatable bonds is 5. The van der Waals surface area contributed by atoms with Gasteiger partial charge in [-0.3, -0.25) is 4.79 Å². The standard InChI is InChI=1S/C18H14BrFN2O3/c1-2-25-17-8-11(13(19)9-16(17)23)7-12(10-21)18(24)22-15-6-4-3-5-14(15)20/h3-9,23H,2H2,1H3,(H,22,24)/b12-7-. The summed E-state index contributed by atoms with van der Waals surface area (Å²) in [5.74, 6) is -1.19. The molecule has 0 radical (unpaired) electrons. The van der Waals surface area contributed by atoms with Crippen LogP contribution in [0.4, 0.5) is 10.1 Å². The van der Waals surface area contributed by atoms with Gasteiger partial charge in [0.2, 0.25) is 0 Å². The first-order chi connectivity index (χ1) is 12.0. The molecule has 0 aromatic heterocycles. The van der Waals surface area contributed by atoms with E-state index in [1.807, 2.05) is 0 Å². The van der Waals surface area contributed by atoms with E-state index in [-0.39, 0.29) is 22.8 Å². The molecular weight excluding hydrogens is 391 g/mol. The summed E-state index contributed by atoms with van der Waals surface area (Å²) in [5, 5.41) is 21.4. The fourth-order valence-corrected chi connectivity index (χ4v) is 2.44. The normalized spacial score (nSPS) is 10.9. The zero-order valence-electron chi connectivity index (χ0n) is 13.2. The fourth-order valence-electron chi connectivity index (χ4n) is 2.00. The number of anilines is 1.